The maximum atomic E-state index is 13.7. The molecule has 0 atom stereocenters. The van der Waals surface area contributed by atoms with E-state index in [4.69, 9.17) is 16.2 Å². The van der Waals surface area contributed by atoms with E-state index >= 15 is 0 Å². The van der Waals surface area contributed by atoms with Crippen molar-refractivity contribution in [3.8, 4) is 0 Å². The number of hydrogen-bond donors (Lipinski definition) is 2. The van der Waals surface area contributed by atoms with Gasteiger partial charge in [-0.1, -0.05) is 0 Å². The summed E-state index contributed by atoms with van der Waals surface area (Å²) in [7, 11) is 0. The second kappa shape index (κ2) is 6.06. The van der Waals surface area contributed by atoms with Crippen molar-refractivity contribution >= 4 is 16.6 Å². The lowest BCUT2D eigenvalue weighted by molar-refractivity contribution is 0.197. The van der Waals surface area contributed by atoms with Crippen molar-refractivity contribution in [1.82, 2.24) is 9.55 Å². The number of ether oxygens (including phenoxy) is 1. The number of hydrogen-bond acceptors (Lipinski definition) is 4. The molecule has 0 unspecified atom stereocenters. The van der Waals surface area contributed by atoms with Crippen molar-refractivity contribution in [3.63, 3.8) is 0 Å². The highest BCUT2D eigenvalue weighted by atomic mass is 19.2. The van der Waals surface area contributed by atoms with Crippen LogP contribution in [0.3, 0.4) is 0 Å². The van der Waals surface area contributed by atoms with Crippen LogP contribution in [0.15, 0.2) is 30.3 Å². The van der Waals surface area contributed by atoms with Crippen molar-refractivity contribution in [3.05, 3.63) is 47.8 Å². The number of halogens is 2. The molecule has 0 amide bonds. The molecular weight excluding hydrogens is 326 g/mol. The molecule has 0 bridgehead atoms. The Labute approximate surface area is 143 Å². The Hall–Kier alpha value is -2.57. The predicted molar refractivity (Wildman–Crippen MR) is 91.0 cm³/mol. The standard InChI is InChI=1S/C18H20F2N4O/c19-13-6-15-16(7-14(13)20)24(12-3-4-12)18(23-15)11(8-21)5-17(22)25-9-10-1-2-10/h5-8,10,12H,1-4,9,21-22H2/b11-8+,17-5+. The normalized spacial score (nSPS) is 18.8. The highest BCUT2D eigenvalue weighted by Gasteiger charge is 2.30. The SMILES string of the molecule is N/C=C(\C=C(/N)OCC1CC1)c1nc2cc(F)c(F)cc2n1C1CC1. The third-order valence-corrected chi connectivity index (χ3v) is 4.56. The molecule has 1 aromatic heterocycles. The molecule has 5 nitrogen and oxygen atoms in total. The van der Waals surface area contributed by atoms with E-state index in [0.29, 0.717) is 35.0 Å². The van der Waals surface area contributed by atoms with Gasteiger partial charge in [0.2, 0.25) is 0 Å². The number of aromatic nitrogens is 2. The zero-order chi connectivity index (χ0) is 17.6. The molecule has 0 spiro atoms. The largest absolute Gasteiger partial charge is 0.479 e. The van der Waals surface area contributed by atoms with E-state index in [2.05, 4.69) is 4.98 Å². The summed E-state index contributed by atoms with van der Waals surface area (Å²) in [5.74, 6) is -0.417. The molecule has 1 aromatic carbocycles. The van der Waals surface area contributed by atoms with E-state index < -0.39 is 11.6 Å². The van der Waals surface area contributed by atoms with E-state index in [0.717, 1.165) is 18.9 Å². The molecule has 0 aliphatic heterocycles. The molecule has 0 radical (unpaired) electrons. The second-order valence-corrected chi connectivity index (χ2v) is 6.71. The lowest BCUT2D eigenvalue weighted by Gasteiger charge is -2.10. The first-order valence-corrected chi connectivity index (χ1v) is 8.46. The molecule has 132 valence electrons. The highest BCUT2D eigenvalue weighted by Crippen LogP contribution is 2.40. The first kappa shape index (κ1) is 15.9. The van der Waals surface area contributed by atoms with E-state index in [-0.39, 0.29) is 11.9 Å². The molecule has 25 heavy (non-hydrogen) atoms. The van der Waals surface area contributed by atoms with Gasteiger partial charge in [-0.15, -0.1) is 0 Å². The third-order valence-electron chi connectivity index (χ3n) is 4.56. The van der Waals surface area contributed by atoms with Crippen LogP contribution in [0.5, 0.6) is 0 Å². The quantitative estimate of drug-likeness (QED) is 0.622. The van der Waals surface area contributed by atoms with Gasteiger partial charge in [0.25, 0.3) is 0 Å². The number of imidazole rings is 1. The number of allylic oxidation sites excluding steroid dienone is 2. The minimum Gasteiger partial charge on any atom is -0.479 e. The van der Waals surface area contributed by atoms with Gasteiger partial charge in [0, 0.05) is 36.0 Å². The summed E-state index contributed by atoms with van der Waals surface area (Å²) in [4.78, 5) is 4.46. The van der Waals surface area contributed by atoms with Gasteiger partial charge in [-0.2, -0.15) is 0 Å². The smallest absolute Gasteiger partial charge is 0.184 e. The lowest BCUT2D eigenvalue weighted by atomic mass is 10.2. The topological polar surface area (TPSA) is 79.1 Å². The number of nitrogens with two attached hydrogens (primary N) is 2. The Bertz CT molecular complexity index is 879. The molecule has 4 N–H and O–H groups in total. The van der Waals surface area contributed by atoms with Crippen molar-refractivity contribution in [2.24, 2.45) is 17.4 Å². The van der Waals surface area contributed by atoms with E-state index in [9.17, 15) is 8.78 Å². The minimum atomic E-state index is -0.916. The highest BCUT2D eigenvalue weighted by molar-refractivity contribution is 5.82. The summed E-state index contributed by atoms with van der Waals surface area (Å²) in [5.41, 5.74) is 13.2. The van der Waals surface area contributed by atoms with Gasteiger partial charge in [0.05, 0.1) is 17.6 Å². The number of rotatable bonds is 6. The van der Waals surface area contributed by atoms with Crippen molar-refractivity contribution in [1.29, 1.82) is 0 Å². The first-order valence-electron chi connectivity index (χ1n) is 8.46. The molecule has 1 heterocycles. The fraction of sp³-hybridized carbons (Fsp3) is 0.389. The Kier molecular flexibility index (Phi) is 3.86. The monoisotopic (exact) mass is 346 g/mol. The Balaban J connectivity index is 1.73. The minimum absolute atomic E-state index is 0.210. The van der Waals surface area contributed by atoms with Gasteiger partial charge in [-0.3, -0.25) is 0 Å². The van der Waals surface area contributed by atoms with Crippen LogP contribution in [0.1, 0.15) is 37.5 Å². The van der Waals surface area contributed by atoms with Crippen LogP contribution in [-0.2, 0) is 4.74 Å². The predicted octanol–water partition coefficient (Wildman–Crippen LogP) is 3.18. The van der Waals surface area contributed by atoms with Crippen LogP contribution in [0.2, 0.25) is 0 Å². The first-order chi connectivity index (χ1) is 12.1. The summed E-state index contributed by atoms with van der Waals surface area (Å²) >= 11 is 0. The summed E-state index contributed by atoms with van der Waals surface area (Å²) < 4.78 is 34.7. The molecule has 2 saturated carbocycles. The summed E-state index contributed by atoms with van der Waals surface area (Å²) in [5, 5.41) is 0. The molecule has 2 aliphatic carbocycles. The number of nitrogens with zero attached hydrogens (tertiary/aromatic N) is 2. The maximum absolute atomic E-state index is 13.7. The average Bonchev–Trinajstić information content (AvgIpc) is 3.50. The van der Waals surface area contributed by atoms with E-state index in [1.54, 1.807) is 6.08 Å². The Morgan fingerprint density at radius 1 is 1.24 bits per heavy atom. The van der Waals surface area contributed by atoms with Gasteiger partial charge in [-0.25, -0.2) is 13.8 Å². The van der Waals surface area contributed by atoms with Crippen LogP contribution in [0.25, 0.3) is 16.6 Å². The fourth-order valence-electron chi connectivity index (χ4n) is 2.88. The molecular formula is C18H20F2N4O. The van der Waals surface area contributed by atoms with Crippen LogP contribution in [0.4, 0.5) is 8.78 Å². The maximum Gasteiger partial charge on any atom is 0.184 e. The molecule has 4 rings (SSSR count). The molecule has 0 saturated heterocycles. The number of benzene rings is 1. The Morgan fingerprint density at radius 3 is 2.60 bits per heavy atom. The van der Waals surface area contributed by atoms with Gasteiger partial charge < -0.3 is 20.8 Å². The fourth-order valence-corrected chi connectivity index (χ4v) is 2.88. The van der Waals surface area contributed by atoms with Crippen LogP contribution in [0, 0.1) is 17.6 Å². The van der Waals surface area contributed by atoms with Gasteiger partial charge in [-0.05, 0) is 31.6 Å². The molecule has 2 fully saturated rings. The van der Waals surface area contributed by atoms with Crippen LogP contribution < -0.4 is 11.5 Å². The summed E-state index contributed by atoms with van der Waals surface area (Å²) in [6.45, 7) is 0.593. The van der Waals surface area contributed by atoms with E-state index in [1.165, 1.54) is 25.1 Å². The van der Waals surface area contributed by atoms with Crippen molar-refractivity contribution in [2.75, 3.05) is 6.61 Å². The molecule has 2 aliphatic rings. The van der Waals surface area contributed by atoms with E-state index in [1.807, 2.05) is 4.57 Å². The lowest BCUT2D eigenvalue weighted by Crippen LogP contribution is -2.08. The van der Waals surface area contributed by atoms with Crippen molar-refractivity contribution < 1.29 is 13.5 Å². The Morgan fingerprint density at radius 2 is 1.96 bits per heavy atom. The average molecular weight is 346 g/mol. The molecule has 2 aromatic rings. The summed E-state index contributed by atoms with van der Waals surface area (Å²) in [6.07, 6.45) is 7.28. The zero-order valence-corrected chi connectivity index (χ0v) is 13.7. The molecule has 7 heteroatoms. The third kappa shape index (κ3) is 3.18. The van der Waals surface area contributed by atoms with Gasteiger partial charge in [0.15, 0.2) is 17.5 Å². The van der Waals surface area contributed by atoms with Crippen LogP contribution in [-0.4, -0.2) is 16.2 Å². The van der Waals surface area contributed by atoms with Crippen LogP contribution >= 0.6 is 0 Å². The zero-order valence-electron chi connectivity index (χ0n) is 13.7. The van der Waals surface area contributed by atoms with Gasteiger partial charge in [0.1, 0.15) is 5.82 Å². The van der Waals surface area contributed by atoms with Crippen molar-refractivity contribution in [2.45, 2.75) is 31.7 Å². The van der Waals surface area contributed by atoms with Gasteiger partial charge >= 0.3 is 0 Å². The summed E-state index contributed by atoms with van der Waals surface area (Å²) in [6, 6.07) is 2.50. The number of fused-ring (bicyclic) bond motifs is 1. The second-order valence-electron chi connectivity index (χ2n) is 6.71.